The molecule has 1 heterocycles. The molecule has 0 aliphatic heterocycles. The monoisotopic (exact) mass is 207 g/mol. The van der Waals surface area contributed by atoms with E-state index in [-0.39, 0.29) is 10.5 Å². The fourth-order valence-corrected chi connectivity index (χ4v) is 1.86. The van der Waals surface area contributed by atoms with Gasteiger partial charge >= 0.3 is 0 Å². The summed E-state index contributed by atoms with van der Waals surface area (Å²) in [7, 11) is 0. The smallest absolute Gasteiger partial charge is 0.208 e. The van der Waals surface area contributed by atoms with Crippen LogP contribution in [0.15, 0.2) is 23.1 Å². The lowest BCUT2D eigenvalue weighted by Gasteiger charge is -2.03. The summed E-state index contributed by atoms with van der Waals surface area (Å²) in [5, 5.41) is 0.924. The Bertz CT molecular complexity index is 557. The first-order valence-electron chi connectivity index (χ1n) is 4.38. The third-order valence-corrected chi connectivity index (χ3v) is 2.56. The molecule has 0 atom stereocenters. The zero-order chi connectivity index (χ0) is 10.3. The minimum atomic E-state index is -0.0992. The number of rotatable bonds is 0. The van der Waals surface area contributed by atoms with Gasteiger partial charge in [0.1, 0.15) is 5.02 Å². The van der Waals surface area contributed by atoms with Gasteiger partial charge in [0.25, 0.3) is 0 Å². The summed E-state index contributed by atoms with van der Waals surface area (Å²) in [6.45, 7) is 3.92. The lowest BCUT2D eigenvalue weighted by Crippen LogP contribution is -2.05. The van der Waals surface area contributed by atoms with Crippen molar-refractivity contribution in [3.05, 3.63) is 44.7 Å². The van der Waals surface area contributed by atoms with Crippen LogP contribution in [0.2, 0.25) is 5.02 Å². The van der Waals surface area contributed by atoms with Gasteiger partial charge in [0.15, 0.2) is 0 Å². The fraction of sp³-hybridized carbons (Fsp3) is 0.182. The standard InChI is InChI=1S/C11H10ClNO/c1-6-3-7(2)10-9(4-6)13-5-8(12)11(10)14/h3-5H,1-2H3,(H,13,14). The number of benzene rings is 1. The van der Waals surface area contributed by atoms with Crippen molar-refractivity contribution >= 4 is 22.5 Å². The number of aromatic amines is 1. The van der Waals surface area contributed by atoms with Crippen molar-refractivity contribution in [1.29, 1.82) is 0 Å². The van der Waals surface area contributed by atoms with Crippen molar-refractivity contribution in [3.63, 3.8) is 0 Å². The molecule has 72 valence electrons. The highest BCUT2D eigenvalue weighted by atomic mass is 35.5. The molecule has 3 heteroatoms. The summed E-state index contributed by atoms with van der Waals surface area (Å²) < 4.78 is 0. The zero-order valence-corrected chi connectivity index (χ0v) is 8.77. The van der Waals surface area contributed by atoms with Crippen LogP contribution in [0.5, 0.6) is 0 Å². The molecule has 14 heavy (non-hydrogen) atoms. The third kappa shape index (κ3) is 1.32. The summed E-state index contributed by atoms with van der Waals surface area (Å²) >= 11 is 5.76. The van der Waals surface area contributed by atoms with E-state index >= 15 is 0 Å². The average Bonchev–Trinajstić information content (AvgIpc) is 2.10. The van der Waals surface area contributed by atoms with Crippen LogP contribution in [-0.2, 0) is 0 Å². The van der Waals surface area contributed by atoms with Gasteiger partial charge in [0.05, 0.1) is 0 Å². The molecule has 0 aliphatic carbocycles. The summed E-state index contributed by atoms with van der Waals surface area (Å²) in [6, 6.07) is 3.92. The number of aromatic nitrogens is 1. The van der Waals surface area contributed by atoms with Gasteiger partial charge in [-0.15, -0.1) is 0 Å². The van der Waals surface area contributed by atoms with Gasteiger partial charge in [0, 0.05) is 17.1 Å². The van der Waals surface area contributed by atoms with Gasteiger partial charge in [-0.05, 0) is 31.0 Å². The first-order valence-corrected chi connectivity index (χ1v) is 4.75. The van der Waals surface area contributed by atoms with E-state index in [2.05, 4.69) is 4.98 Å². The maximum absolute atomic E-state index is 11.7. The molecule has 1 aromatic heterocycles. The maximum atomic E-state index is 11.7. The van der Waals surface area contributed by atoms with E-state index in [0.29, 0.717) is 5.39 Å². The number of pyridine rings is 1. The summed E-state index contributed by atoms with van der Waals surface area (Å²) in [5.74, 6) is 0. The molecule has 0 unspecified atom stereocenters. The lowest BCUT2D eigenvalue weighted by atomic mass is 10.1. The second kappa shape index (κ2) is 3.14. The first-order chi connectivity index (χ1) is 6.59. The number of aryl methyl sites for hydroxylation is 2. The van der Waals surface area contributed by atoms with Crippen molar-refractivity contribution in [2.45, 2.75) is 13.8 Å². The summed E-state index contributed by atoms with van der Waals surface area (Å²) in [5.41, 5.74) is 2.84. The van der Waals surface area contributed by atoms with E-state index in [4.69, 9.17) is 11.6 Å². The second-order valence-electron chi connectivity index (χ2n) is 3.47. The summed E-state index contributed by atoms with van der Waals surface area (Å²) in [6.07, 6.45) is 1.53. The van der Waals surface area contributed by atoms with Crippen LogP contribution in [-0.4, -0.2) is 4.98 Å². The van der Waals surface area contributed by atoms with Crippen LogP contribution >= 0.6 is 11.6 Å². The molecule has 0 saturated carbocycles. The van der Waals surface area contributed by atoms with E-state index in [1.807, 2.05) is 26.0 Å². The molecule has 2 nitrogen and oxygen atoms in total. The minimum absolute atomic E-state index is 0.0992. The number of hydrogen-bond acceptors (Lipinski definition) is 1. The lowest BCUT2D eigenvalue weighted by molar-refractivity contribution is 1.34. The molecule has 1 N–H and O–H groups in total. The number of H-pyrrole nitrogens is 1. The molecular weight excluding hydrogens is 198 g/mol. The van der Waals surface area contributed by atoms with Crippen LogP contribution in [0, 0.1) is 13.8 Å². The van der Waals surface area contributed by atoms with Crippen LogP contribution in [0.1, 0.15) is 11.1 Å². The van der Waals surface area contributed by atoms with Gasteiger partial charge in [0.2, 0.25) is 5.43 Å². The molecule has 0 fully saturated rings. The largest absolute Gasteiger partial charge is 0.360 e. The van der Waals surface area contributed by atoms with Crippen LogP contribution in [0.25, 0.3) is 10.9 Å². The Morgan fingerprint density at radius 1 is 1.29 bits per heavy atom. The molecule has 0 amide bonds. The highest BCUT2D eigenvalue weighted by molar-refractivity contribution is 6.31. The molecule has 2 rings (SSSR count). The predicted octanol–water partition coefficient (Wildman–Crippen LogP) is 2.80. The summed E-state index contributed by atoms with van der Waals surface area (Å²) in [4.78, 5) is 14.7. The predicted molar refractivity (Wildman–Crippen MR) is 59.1 cm³/mol. The van der Waals surface area contributed by atoms with Gasteiger partial charge in [-0.2, -0.15) is 0 Å². The number of hydrogen-bond donors (Lipinski definition) is 1. The van der Waals surface area contributed by atoms with Crippen molar-refractivity contribution in [3.8, 4) is 0 Å². The highest BCUT2D eigenvalue weighted by Gasteiger charge is 2.05. The number of halogens is 1. The van der Waals surface area contributed by atoms with Crippen molar-refractivity contribution in [2.24, 2.45) is 0 Å². The molecule has 0 spiro atoms. The molecular formula is C11H10ClNO. The normalized spacial score (nSPS) is 10.8. The Labute approximate surface area is 86.5 Å². The molecule has 0 saturated heterocycles. The van der Waals surface area contributed by atoms with Gasteiger partial charge in [-0.25, -0.2) is 0 Å². The number of fused-ring (bicyclic) bond motifs is 1. The van der Waals surface area contributed by atoms with Crippen LogP contribution < -0.4 is 5.43 Å². The topological polar surface area (TPSA) is 32.9 Å². The molecule has 0 aliphatic rings. The van der Waals surface area contributed by atoms with E-state index in [1.54, 1.807) is 0 Å². The Balaban J connectivity index is 3.03. The molecule has 0 radical (unpaired) electrons. The van der Waals surface area contributed by atoms with E-state index in [9.17, 15) is 4.79 Å². The van der Waals surface area contributed by atoms with Gasteiger partial charge < -0.3 is 4.98 Å². The van der Waals surface area contributed by atoms with Gasteiger partial charge in [-0.3, -0.25) is 4.79 Å². The van der Waals surface area contributed by atoms with Crippen molar-refractivity contribution in [1.82, 2.24) is 4.98 Å². The SMILES string of the molecule is Cc1cc(C)c2c(=O)c(Cl)c[nH]c2c1. The molecule has 2 aromatic rings. The van der Waals surface area contributed by atoms with Crippen LogP contribution in [0.3, 0.4) is 0 Å². The molecule has 1 aromatic carbocycles. The van der Waals surface area contributed by atoms with E-state index in [0.717, 1.165) is 16.6 Å². The number of nitrogens with one attached hydrogen (secondary N) is 1. The highest BCUT2D eigenvalue weighted by Crippen LogP contribution is 2.16. The minimum Gasteiger partial charge on any atom is -0.360 e. The third-order valence-electron chi connectivity index (χ3n) is 2.28. The Hall–Kier alpha value is -1.28. The second-order valence-corrected chi connectivity index (χ2v) is 3.88. The van der Waals surface area contributed by atoms with Crippen molar-refractivity contribution < 1.29 is 0 Å². The van der Waals surface area contributed by atoms with E-state index in [1.165, 1.54) is 6.20 Å². The Morgan fingerprint density at radius 2 is 2.00 bits per heavy atom. The van der Waals surface area contributed by atoms with Crippen molar-refractivity contribution in [2.75, 3.05) is 0 Å². The maximum Gasteiger partial charge on any atom is 0.208 e. The van der Waals surface area contributed by atoms with Crippen LogP contribution in [0.4, 0.5) is 0 Å². The molecule has 0 bridgehead atoms. The quantitative estimate of drug-likeness (QED) is 0.708. The van der Waals surface area contributed by atoms with Gasteiger partial charge in [-0.1, -0.05) is 17.7 Å². The Morgan fingerprint density at radius 3 is 2.71 bits per heavy atom. The Kier molecular flexibility index (Phi) is 2.08. The fourth-order valence-electron chi connectivity index (χ4n) is 1.71. The van der Waals surface area contributed by atoms with E-state index < -0.39 is 0 Å². The first kappa shape index (κ1) is 9.28. The average molecular weight is 208 g/mol. The zero-order valence-electron chi connectivity index (χ0n) is 8.02.